The quantitative estimate of drug-likeness (QED) is 0.535. The van der Waals surface area contributed by atoms with E-state index in [1.54, 1.807) is 12.3 Å². The van der Waals surface area contributed by atoms with Crippen molar-refractivity contribution in [1.29, 1.82) is 0 Å². The van der Waals surface area contributed by atoms with Gasteiger partial charge in [-0.25, -0.2) is 9.37 Å². The number of hydrogen-bond acceptors (Lipinski definition) is 4. The largest absolute Gasteiger partial charge is 0.481 e. The van der Waals surface area contributed by atoms with Crippen molar-refractivity contribution in [1.82, 2.24) is 4.98 Å². The fourth-order valence-corrected chi connectivity index (χ4v) is 2.82. The summed E-state index contributed by atoms with van der Waals surface area (Å²) in [5.74, 6) is 1.00. The lowest BCUT2D eigenvalue weighted by molar-refractivity contribution is 0.165. The molecule has 0 saturated carbocycles. The molecule has 0 bridgehead atoms. The molecular weight excluding hydrogens is 325 g/mol. The molecule has 24 heavy (non-hydrogen) atoms. The first-order chi connectivity index (χ1) is 11.7. The van der Waals surface area contributed by atoms with E-state index in [4.69, 9.17) is 9.15 Å². The molecule has 0 aliphatic rings. The molecular formula is C19H18FNO2S. The highest BCUT2D eigenvalue weighted by Crippen LogP contribution is 2.29. The maximum Gasteiger partial charge on any atom is 0.236 e. The van der Waals surface area contributed by atoms with Crippen LogP contribution in [0.3, 0.4) is 0 Å². The normalized spacial score (nSPS) is 12.1. The third-order valence-corrected chi connectivity index (χ3v) is 4.41. The van der Waals surface area contributed by atoms with Crippen molar-refractivity contribution in [3.63, 3.8) is 0 Å². The first kappa shape index (κ1) is 16.6. The fourth-order valence-electron chi connectivity index (χ4n) is 2.37. The maximum atomic E-state index is 14.0. The fraction of sp³-hybridized carbons (Fsp3) is 0.211. The van der Waals surface area contributed by atoms with E-state index in [1.807, 2.05) is 49.6 Å². The van der Waals surface area contributed by atoms with Crippen LogP contribution in [0.1, 0.15) is 25.3 Å². The summed E-state index contributed by atoms with van der Waals surface area (Å²) in [5, 5.41) is 0. The molecule has 0 spiro atoms. The third-order valence-electron chi connectivity index (χ3n) is 3.64. The molecule has 0 aliphatic heterocycles. The Balaban J connectivity index is 1.82. The average molecular weight is 343 g/mol. The minimum Gasteiger partial charge on any atom is -0.481 e. The molecule has 124 valence electrons. The van der Waals surface area contributed by atoms with Gasteiger partial charge >= 0.3 is 0 Å². The number of hydrogen-bond donors (Lipinski definition) is 0. The van der Waals surface area contributed by atoms with Crippen LogP contribution in [0.4, 0.5) is 4.39 Å². The van der Waals surface area contributed by atoms with Gasteiger partial charge in [0.2, 0.25) is 5.89 Å². The molecule has 0 aliphatic carbocycles. The molecule has 1 aromatic heterocycles. The predicted octanol–water partition coefficient (Wildman–Crippen LogP) is 5.73. The molecule has 0 radical (unpaired) electrons. The van der Waals surface area contributed by atoms with Gasteiger partial charge in [-0.1, -0.05) is 31.2 Å². The average Bonchev–Trinajstić information content (AvgIpc) is 3.10. The standard InChI is InChI=1S/C19H18FNO2S/c1-3-17(23-14-7-5-4-6-8-14)19-21-16(12-22-19)13-9-10-18(24-2)15(20)11-13/h4-12,17H,3H2,1-2H3. The number of rotatable bonds is 6. The van der Waals surface area contributed by atoms with Crippen LogP contribution in [0, 0.1) is 5.82 Å². The molecule has 3 rings (SSSR count). The van der Waals surface area contributed by atoms with Gasteiger partial charge in [0.05, 0.1) is 0 Å². The molecule has 3 aromatic rings. The number of oxazole rings is 1. The van der Waals surface area contributed by atoms with E-state index in [0.29, 0.717) is 28.5 Å². The minimum atomic E-state index is -0.281. The first-order valence-corrected chi connectivity index (χ1v) is 8.94. The molecule has 1 unspecified atom stereocenters. The zero-order chi connectivity index (χ0) is 16.9. The van der Waals surface area contributed by atoms with Gasteiger partial charge in [-0.3, -0.25) is 0 Å². The second-order valence-electron chi connectivity index (χ2n) is 5.25. The third kappa shape index (κ3) is 3.62. The number of benzene rings is 2. The second-order valence-corrected chi connectivity index (χ2v) is 6.10. The highest BCUT2D eigenvalue weighted by Gasteiger charge is 2.18. The summed E-state index contributed by atoms with van der Waals surface area (Å²) in [5.41, 5.74) is 1.29. The van der Waals surface area contributed by atoms with Gasteiger partial charge in [-0.15, -0.1) is 11.8 Å². The van der Waals surface area contributed by atoms with E-state index in [9.17, 15) is 4.39 Å². The molecule has 1 atom stereocenters. The van der Waals surface area contributed by atoms with Crippen molar-refractivity contribution in [2.45, 2.75) is 24.3 Å². The summed E-state index contributed by atoms with van der Waals surface area (Å²) in [6, 6.07) is 14.6. The van der Waals surface area contributed by atoms with Gasteiger partial charge in [-0.05, 0) is 36.9 Å². The van der Waals surface area contributed by atoms with Crippen molar-refractivity contribution < 1.29 is 13.5 Å². The SMILES string of the molecule is CCC(Oc1ccccc1)c1nc(-c2ccc(SC)c(F)c2)co1. The van der Waals surface area contributed by atoms with Crippen LogP contribution in [0.2, 0.25) is 0 Å². The van der Waals surface area contributed by atoms with Gasteiger partial charge in [0.1, 0.15) is 23.5 Å². The van der Waals surface area contributed by atoms with Crippen molar-refractivity contribution in [3.05, 3.63) is 66.5 Å². The summed E-state index contributed by atoms with van der Waals surface area (Å²) in [6.45, 7) is 2.00. The number of para-hydroxylation sites is 1. The van der Waals surface area contributed by atoms with E-state index in [0.717, 1.165) is 5.75 Å². The Morgan fingerprint density at radius 1 is 1.21 bits per heavy atom. The molecule has 0 saturated heterocycles. The number of halogens is 1. The van der Waals surface area contributed by atoms with E-state index < -0.39 is 0 Å². The van der Waals surface area contributed by atoms with Gasteiger partial charge in [0.25, 0.3) is 0 Å². The van der Waals surface area contributed by atoms with E-state index in [1.165, 1.54) is 17.8 Å². The molecule has 0 amide bonds. The zero-order valence-electron chi connectivity index (χ0n) is 13.5. The van der Waals surface area contributed by atoms with Crippen molar-refractivity contribution in [3.8, 4) is 17.0 Å². The van der Waals surface area contributed by atoms with Crippen LogP contribution in [0.5, 0.6) is 5.75 Å². The lowest BCUT2D eigenvalue weighted by atomic mass is 10.2. The van der Waals surface area contributed by atoms with Gasteiger partial charge < -0.3 is 9.15 Å². The van der Waals surface area contributed by atoms with Crippen LogP contribution < -0.4 is 4.74 Å². The topological polar surface area (TPSA) is 35.3 Å². The Hall–Kier alpha value is -2.27. The summed E-state index contributed by atoms with van der Waals surface area (Å²) in [6.07, 6.45) is 3.82. The van der Waals surface area contributed by atoms with Crippen LogP contribution in [-0.2, 0) is 0 Å². The van der Waals surface area contributed by atoms with Gasteiger partial charge in [0, 0.05) is 10.5 Å². The Bertz CT molecular complexity index is 804. The summed E-state index contributed by atoms with van der Waals surface area (Å²) >= 11 is 1.38. The van der Waals surface area contributed by atoms with E-state index >= 15 is 0 Å². The van der Waals surface area contributed by atoms with Gasteiger partial charge in [-0.2, -0.15) is 0 Å². The van der Waals surface area contributed by atoms with Gasteiger partial charge in [0.15, 0.2) is 6.10 Å². The monoisotopic (exact) mass is 343 g/mol. The molecule has 1 heterocycles. The minimum absolute atomic E-state index is 0.253. The summed E-state index contributed by atoms with van der Waals surface area (Å²) in [4.78, 5) is 5.09. The first-order valence-electron chi connectivity index (χ1n) is 7.72. The van der Waals surface area contributed by atoms with Crippen LogP contribution in [0.15, 0.2) is 64.1 Å². The Morgan fingerprint density at radius 2 is 2.00 bits per heavy atom. The lowest BCUT2D eigenvalue weighted by Crippen LogP contribution is -2.06. The Kier molecular flexibility index (Phi) is 5.20. The molecule has 0 N–H and O–H groups in total. The van der Waals surface area contributed by atoms with E-state index in [-0.39, 0.29) is 11.9 Å². The predicted molar refractivity (Wildman–Crippen MR) is 93.8 cm³/mol. The van der Waals surface area contributed by atoms with E-state index in [2.05, 4.69) is 4.98 Å². The molecule has 2 aromatic carbocycles. The molecule has 3 nitrogen and oxygen atoms in total. The van der Waals surface area contributed by atoms with Crippen LogP contribution in [0.25, 0.3) is 11.3 Å². The number of aromatic nitrogens is 1. The smallest absolute Gasteiger partial charge is 0.236 e. The highest BCUT2D eigenvalue weighted by atomic mass is 32.2. The number of nitrogens with zero attached hydrogens (tertiary/aromatic N) is 1. The van der Waals surface area contributed by atoms with Crippen LogP contribution in [-0.4, -0.2) is 11.2 Å². The zero-order valence-corrected chi connectivity index (χ0v) is 14.3. The summed E-state index contributed by atoms with van der Waals surface area (Å²) in [7, 11) is 0. The molecule has 5 heteroatoms. The Labute approximate surface area is 144 Å². The second kappa shape index (κ2) is 7.53. The van der Waals surface area contributed by atoms with Crippen molar-refractivity contribution >= 4 is 11.8 Å². The van der Waals surface area contributed by atoms with Crippen LogP contribution >= 0.6 is 11.8 Å². The highest BCUT2D eigenvalue weighted by molar-refractivity contribution is 7.98. The van der Waals surface area contributed by atoms with Crippen molar-refractivity contribution in [2.24, 2.45) is 0 Å². The number of ether oxygens (including phenoxy) is 1. The lowest BCUT2D eigenvalue weighted by Gasteiger charge is -2.13. The van der Waals surface area contributed by atoms with Crippen molar-refractivity contribution in [2.75, 3.05) is 6.26 Å². The molecule has 0 fully saturated rings. The number of thioether (sulfide) groups is 1. The summed E-state index contributed by atoms with van der Waals surface area (Å²) < 4.78 is 25.5. The maximum absolute atomic E-state index is 14.0. The Morgan fingerprint density at radius 3 is 2.67 bits per heavy atom.